The number of rotatable bonds is 16. The minimum absolute atomic E-state index is 0.123. The second-order valence-electron chi connectivity index (χ2n) is 8.60. The smallest absolute Gasteiger partial charge is 0.422 e. The molecule has 6 nitrogen and oxygen atoms in total. The molecule has 0 aliphatic heterocycles. The Morgan fingerprint density at radius 2 is 0.911 bits per heavy atom. The number of ether oxygens (including phenoxy) is 3. The van der Waals surface area contributed by atoms with E-state index in [9.17, 15) is 97.8 Å². The molecule has 0 heterocycles. The van der Waals surface area contributed by atoms with Crippen LogP contribution < -0.4 is 0 Å². The van der Waals surface area contributed by atoms with Gasteiger partial charge in [0.1, 0.15) is 5.92 Å². The van der Waals surface area contributed by atoms with E-state index in [-0.39, 0.29) is 6.92 Å². The molecule has 264 valence electrons. The third-order valence-electron chi connectivity index (χ3n) is 5.23. The maximum atomic E-state index is 13.7. The van der Waals surface area contributed by atoms with Crippen LogP contribution in [-0.4, -0.2) is 92.3 Å². The van der Waals surface area contributed by atoms with E-state index in [0.29, 0.717) is 0 Å². The van der Waals surface area contributed by atoms with E-state index in [0.717, 1.165) is 0 Å². The molecule has 0 bridgehead atoms. The van der Waals surface area contributed by atoms with Crippen LogP contribution in [0.5, 0.6) is 0 Å². The van der Waals surface area contributed by atoms with Crippen LogP contribution in [0.3, 0.4) is 0 Å². The number of hydrogen-bond donors (Lipinski definition) is 0. The summed E-state index contributed by atoms with van der Waals surface area (Å²) in [4.78, 5) is 36.2. The van der Waals surface area contributed by atoms with Crippen LogP contribution in [0.2, 0.25) is 0 Å². The lowest BCUT2D eigenvalue weighted by molar-refractivity contribution is -0.344. The first-order valence-corrected chi connectivity index (χ1v) is 10.8. The summed E-state index contributed by atoms with van der Waals surface area (Å²) >= 11 is 0. The van der Waals surface area contributed by atoms with E-state index in [4.69, 9.17) is 0 Å². The average molecular weight is 712 g/mol. The van der Waals surface area contributed by atoms with Crippen molar-refractivity contribution in [2.45, 2.75) is 61.5 Å². The monoisotopic (exact) mass is 712 g/mol. The van der Waals surface area contributed by atoms with Crippen LogP contribution in [0.15, 0.2) is 12.2 Å². The minimum Gasteiger partial charge on any atom is -0.459 e. The van der Waals surface area contributed by atoms with Crippen LogP contribution in [0.25, 0.3) is 0 Å². The first-order valence-electron chi connectivity index (χ1n) is 10.8. The summed E-state index contributed by atoms with van der Waals surface area (Å²) in [5, 5.41) is 0. The number of carbonyl (C=O) groups excluding carboxylic acids is 3. The van der Waals surface area contributed by atoms with Gasteiger partial charge in [0.2, 0.25) is 0 Å². The van der Waals surface area contributed by atoms with Crippen LogP contribution in [-0.2, 0) is 28.6 Å². The molecule has 45 heavy (non-hydrogen) atoms. The number of alkyl halides is 19. The van der Waals surface area contributed by atoms with Gasteiger partial charge in [0.25, 0.3) is 0 Å². The fourth-order valence-electron chi connectivity index (χ4n) is 2.64. The Morgan fingerprint density at radius 3 is 1.22 bits per heavy atom. The van der Waals surface area contributed by atoms with Gasteiger partial charge in [-0.2, -0.15) is 65.9 Å². The Bertz CT molecular complexity index is 1080. The summed E-state index contributed by atoms with van der Waals surface area (Å²) in [7, 11) is 0. The molecule has 0 spiro atoms. The van der Waals surface area contributed by atoms with Crippen LogP contribution in [0.1, 0.15) is 6.92 Å². The fraction of sp³-hybridized carbons (Fsp3) is 0.750. The number of hydrogen-bond acceptors (Lipinski definition) is 6. The third-order valence-corrected chi connectivity index (χ3v) is 5.23. The Morgan fingerprint density at radius 1 is 0.578 bits per heavy atom. The van der Waals surface area contributed by atoms with Crippen molar-refractivity contribution in [1.29, 1.82) is 0 Å². The molecule has 0 radical (unpaired) electrons. The molecule has 0 rings (SSSR count). The van der Waals surface area contributed by atoms with E-state index in [1.807, 2.05) is 0 Å². The molecule has 0 aromatic rings. The lowest BCUT2D eigenvalue weighted by Crippen LogP contribution is -2.59. The van der Waals surface area contributed by atoms with E-state index in [1.54, 1.807) is 0 Å². The van der Waals surface area contributed by atoms with Crippen molar-refractivity contribution in [1.82, 2.24) is 0 Å². The Kier molecular flexibility index (Phi) is 12.7. The molecule has 25 heteroatoms. The molecule has 2 unspecified atom stereocenters. The largest absolute Gasteiger partial charge is 0.459 e. The predicted octanol–water partition coefficient (Wildman–Crippen LogP) is 6.33. The second kappa shape index (κ2) is 13.7. The summed E-state index contributed by atoms with van der Waals surface area (Å²) in [6.45, 7) is -6.44. The lowest BCUT2D eigenvalue weighted by Gasteiger charge is -2.32. The third kappa shape index (κ3) is 8.97. The molecule has 0 saturated heterocycles. The van der Waals surface area contributed by atoms with Crippen molar-refractivity contribution in [3.8, 4) is 0 Å². The van der Waals surface area contributed by atoms with Crippen molar-refractivity contribution in [2.75, 3.05) is 19.8 Å². The molecular weight excluding hydrogens is 697 g/mol. The van der Waals surface area contributed by atoms with Gasteiger partial charge < -0.3 is 14.2 Å². The predicted molar refractivity (Wildman–Crippen MR) is 102 cm³/mol. The minimum atomic E-state index is -7.03. The van der Waals surface area contributed by atoms with Crippen molar-refractivity contribution in [3.63, 3.8) is 0 Å². The zero-order valence-electron chi connectivity index (χ0n) is 21.3. The van der Waals surface area contributed by atoms with Crippen molar-refractivity contribution in [3.05, 3.63) is 12.2 Å². The molecule has 0 fully saturated rings. The number of esters is 3. The SMILES string of the molecule is C=C(C(=O)OCC(F)(F)F)C(C(=O)OCC(F)(F)C(F)(F)C(F)(F)C(F)F)C(C)C(=O)OCC(F)(F)C(F)(F)C(F)(F)C(F)F. The summed E-state index contributed by atoms with van der Waals surface area (Å²) < 4.78 is 256. The highest BCUT2D eigenvalue weighted by atomic mass is 19.4. The molecule has 0 amide bonds. The number of carbonyl (C=O) groups is 3. The highest BCUT2D eigenvalue weighted by Crippen LogP contribution is 2.50. The summed E-state index contributed by atoms with van der Waals surface area (Å²) in [5.74, 6) is -54.4. The Labute approximate surface area is 236 Å². The lowest BCUT2D eigenvalue weighted by atomic mass is 9.87. The van der Waals surface area contributed by atoms with E-state index in [1.165, 1.54) is 0 Å². The van der Waals surface area contributed by atoms with Gasteiger partial charge in [-0.25, -0.2) is 22.4 Å². The summed E-state index contributed by atoms with van der Waals surface area (Å²) in [6, 6.07) is 0. The summed E-state index contributed by atoms with van der Waals surface area (Å²) in [5.41, 5.74) is -1.86. The molecule has 0 N–H and O–H groups in total. The standard InChI is InChI=1S/C20H15F19O6/c1-6(9(40)43-3-14(25,26)19(36,37)17(32,33)12(21)22)8(7(2)10(41)45-5-16(29,30)31)11(42)44-4-15(27,28)20(38,39)18(34,35)13(23)24/h6,8,12-13H,2-5H2,1H3. The molecule has 0 aromatic heterocycles. The van der Waals surface area contributed by atoms with Gasteiger partial charge in [0, 0.05) is 5.57 Å². The van der Waals surface area contributed by atoms with Gasteiger partial charge >= 0.3 is 72.5 Å². The van der Waals surface area contributed by atoms with Crippen molar-refractivity contribution < 1.29 is 112 Å². The molecule has 0 aliphatic rings. The maximum Gasteiger partial charge on any atom is 0.422 e. The highest BCUT2D eigenvalue weighted by molar-refractivity contribution is 5.97. The Balaban J connectivity index is 6.31. The average Bonchev–Trinajstić information content (AvgIpc) is 2.87. The normalized spacial score (nSPS) is 15.5. The Hall–Kier alpha value is -3.18. The summed E-state index contributed by atoms with van der Waals surface area (Å²) in [6.07, 6.45) is -16.3. The van der Waals surface area contributed by atoms with Gasteiger partial charge in [-0.15, -0.1) is 0 Å². The fourth-order valence-corrected chi connectivity index (χ4v) is 2.64. The van der Waals surface area contributed by atoms with E-state index < -0.39 is 110 Å². The van der Waals surface area contributed by atoms with Gasteiger partial charge in [0.15, 0.2) is 19.8 Å². The topological polar surface area (TPSA) is 78.9 Å². The van der Waals surface area contributed by atoms with E-state index in [2.05, 4.69) is 20.8 Å². The van der Waals surface area contributed by atoms with Crippen LogP contribution >= 0.6 is 0 Å². The van der Waals surface area contributed by atoms with Crippen molar-refractivity contribution in [2.24, 2.45) is 11.8 Å². The van der Waals surface area contributed by atoms with Gasteiger partial charge in [-0.3, -0.25) is 9.59 Å². The molecule has 0 aromatic carbocycles. The first-order chi connectivity index (χ1) is 19.7. The highest BCUT2D eigenvalue weighted by Gasteiger charge is 2.77. The molecule has 0 aliphatic carbocycles. The van der Waals surface area contributed by atoms with Crippen molar-refractivity contribution >= 4 is 17.9 Å². The van der Waals surface area contributed by atoms with E-state index >= 15 is 0 Å². The van der Waals surface area contributed by atoms with Gasteiger partial charge in [-0.05, 0) is 0 Å². The van der Waals surface area contributed by atoms with Crippen LogP contribution in [0, 0.1) is 11.8 Å². The zero-order valence-corrected chi connectivity index (χ0v) is 21.3. The van der Waals surface area contributed by atoms with Crippen LogP contribution in [0.4, 0.5) is 83.4 Å². The molecule has 0 saturated carbocycles. The maximum absolute atomic E-state index is 13.7. The molecular formula is C20H15F19O6. The first kappa shape index (κ1) is 41.8. The second-order valence-corrected chi connectivity index (χ2v) is 8.60. The zero-order chi connectivity index (χ0) is 36.4. The quantitative estimate of drug-likeness (QED) is 0.0807. The van der Waals surface area contributed by atoms with Gasteiger partial charge in [0.05, 0.1) is 5.92 Å². The number of halogens is 19. The molecule has 2 atom stereocenters. The van der Waals surface area contributed by atoms with Gasteiger partial charge in [-0.1, -0.05) is 13.5 Å².